The van der Waals surface area contributed by atoms with Crippen molar-refractivity contribution >= 4 is 16.6 Å². The number of anilines is 1. The molecule has 0 aliphatic heterocycles. The summed E-state index contributed by atoms with van der Waals surface area (Å²) in [6.45, 7) is 2.68. The van der Waals surface area contributed by atoms with Crippen molar-refractivity contribution < 1.29 is 0 Å². The van der Waals surface area contributed by atoms with Crippen molar-refractivity contribution in [3.63, 3.8) is 0 Å². The number of fused-ring (bicyclic) bond motifs is 1. The predicted molar refractivity (Wildman–Crippen MR) is 133 cm³/mol. The minimum Gasteiger partial charge on any atom is -0.399 e. The lowest BCUT2D eigenvalue weighted by atomic mass is 10.1. The molecule has 5 aromatic rings. The maximum atomic E-state index is 5.86. The summed E-state index contributed by atoms with van der Waals surface area (Å²) >= 11 is 0. The van der Waals surface area contributed by atoms with Crippen molar-refractivity contribution in [2.75, 3.05) is 12.3 Å². The highest BCUT2D eigenvalue weighted by Crippen LogP contribution is 2.19. The zero-order valence-electron chi connectivity index (χ0n) is 18.8. The molecule has 0 radical (unpaired) electrons. The van der Waals surface area contributed by atoms with Gasteiger partial charge in [0.05, 0.1) is 18.0 Å². The quantitative estimate of drug-likeness (QED) is 0.362. The van der Waals surface area contributed by atoms with Crippen LogP contribution in [0.3, 0.4) is 0 Å². The summed E-state index contributed by atoms with van der Waals surface area (Å²) in [5.41, 5.74) is 12.8. The average Bonchev–Trinajstić information content (AvgIpc) is 3.49. The van der Waals surface area contributed by atoms with Gasteiger partial charge in [0.25, 0.3) is 0 Å². The number of hydrogen-bond donors (Lipinski definition) is 1. The normalized spacial score (nSPS) is 11.5. The van der Waals surface area contributed by atoms with Gasteiger partial charge < -0.3 is 10.3 Å². The summed E-state index contributed by atoms with van der Waals surface area (Å²) in [5.74, 6) is 0. The minimum atomic E-state index is 0.802. The van der Waals surface area contributed by atoms with Crippen LogP contribution in [0.4, 0.5) is 5.69 Å². The molecule has 3 aromatic carbocycles. The lowest BCUT2D eigenvalue weighted by molar-refractivity contribution is 0.260. The predicted octanol–water partition coefficient (Wildman–Crippen LogP) is 4.59. The van der Waals surface area contributed by atoms with Gasteiger partial charge in [0, 0.05) is 55.8 Å². The zero-order valence-corrected chi connectivity index (χ0v) is 18.8. The highest BCUT2D eigenvalue weighted by atomic mass is 15.2. The summed E-state index contributed by atoms with van der Waals surface area (Å²) in [4.78, 5) is 6.68. The number of aryl methyl sites for hydroxylation is 1. The molecular weight excluding hydrogens is 408 g/mol. The number of imidazole rings is 1. The first-order valence-electron chi connectivity index (χ1n) is 11.2. The molecule has 0 bridgehead atoms. The van der Waals surface area contributed by atoms with E-state index in [0.717, 1.165) is 42.9 Å². The van der Waals surface area contributed by atoms with Gasteiger partial charge in [-0.3, -0.25) is 9.58 Å². The van der Waals surface area contributed by atoms with Crippen molar-refractivity contribution in [1.82, 2.24) is 24.2 Å². The van der Waals surface area contributed by atoms with Crippen molar-refractivity contribution in [2.45, 2.75) is 19.5 Å². The second kappa shape index (κ2) is 9.30. The summed E-state index contributed by atoms with van der Waals surface area (Å²) in [6.07, 6.45) is 8.52. The molecule has 2 heterocycles. The van der Waals surface area contributed by atoms with Crippen LogP contribution in [0.1, 0.15) is 16.7 Å². The Kier molecular flexibility index (Phi) is 5.91. The first kappa shape index (κ1) is 21.0. The third kappa shape index (κ3) is 4.96. The van der Waals surface area contributed by atoms with Crippen LogP contribution in [0.15, 0.2) is 91.6 Å². The van der Waals surface area contributed by atoms with E-state index in [1.807, 2.05) is 47.2 Å². The first-order valence-corrected chi connectivity index (χ1v) is 11.2. The zero-order chi connectivity index (χ0) is 22.6. The van der Waals surface area contributed by atoms with Gasteiger partial charge in [-0.15, -0.1) is 0 Å². The van der Waals surface area contributed by atoms with E-state index in [9.17, 15) is 0 Å². The molecule has 0 aliphatic rings. The van der Waals surface area contributed by atoms with Gasteiger partial charge in [0.2, 0.25) is 0 Å². The Balaban J connectivity index is 1.37. The Labute approximate surface area is 193 Å². The van der Waals surface area contributed by atoms with E-state index in [1.54, 1.807) is 6.20 Å². The fourth-order valence-electron chi connectivity index (χ4n) is 4.24. The molecule has 0 fully saturated rings. The number of aromatic nitrogens is 4. The fraction of sp³-hybridized carbons (Fsp3) is 0.185. The molecule has 0 saturated carbocycles. The van der Waals surface area contributed by atoms with E-state index in [1.165, 1.54) is 22.1 Å². The molecular formula is C27H28N6. The molecule has 0 saturated heterocycles. The third-order valence-corrected chi connectivity index (χ3v) is 6.03. The summed E-state index contributed by atoms with van der Waals surface area (Å²) in [5, 5.41) is 5.56. The third-order valence-electron chi connectivity index (χ3n) is 6.03. The van der Waals surface area contributed by atoms with E-state index < -0.39 is 0 Å². The summed E-state index contributed by atoms with van der Waals surface area (Å²) < 4.78 is 3.96. The van der Waals surface area contributed by atoms with E-state index in [4.69, 9.17) is 5.73 Å². The van der Waals surface area contributed by atoms with Gasteiger partial charge in [0.1, 0.15) is 0 Å². The lowest BCUT2D eigenvalue weighted by Gasteiger charge is -2.23. The van der Waals surface area contributed by atoms with Crippen LogP contribution in [-0.4, -0.2) is 30.8 Å². The molecule has 0 amide bonds. The molecule has 33 heavy (non-hydrogen) atoms. The van der Waals surface area contributed by atoms with Gasteiger partial charge in [-0.05, 0) is 59.5 Å². The Morgan fingerprint density at radius 2 is 1.70 bits per heavy atom. The summed E-state index contributed by atoms with van der Waals surface area (Å²) in [6, 6.07) is 23.5. The van der Waals surface area contributed by atoms with Gasteiger partial charge >= 0.3 is 0 Å². The number of nitrogens with zero attached hydrogens (tertiary/aromatic N) is 5. The molecule has 166 valence electrons. The van der Waals surface area contributed by atoms with Gasteiger partial charge in [-0.25, -0.2) is 4.98 Å². The molecule has 6 heteroatoms. The molecule has 2 aromatic heterocycles. The van der Waals surface area contributed by atoms with Gasteiger partial charge in [-0.2, -0.15) is 5.10 Å². The maximum absolute atomic E-state index is 5.86. The van der Waals surface area contributed by atoms with Crippen LogP contribution >= 0.6 is 0 Å². The van der Waals surface area contributed by atoms with Crippen molar-refractivity contribution in [2.24, 2.45) is 7.05 Å². The maximum Gasteiger partial charge on any atom is 0.0991 e. The van der Waals surface area contributed by atoms with E-state index in [2.05, 4.69) is 69.6 Å². The van der Waals surface area contributed by atoms with Crippen LogP contribution in [0.25, 0.3) is 16.6 Å². The number of nitrogens with two attached hydrogens (primary N) is 1. The lowest BCUT2D eigenvalue weighted by Crippen LogP contribution is -2.25. The van der Waals surface area contributed by atoms with Crippen LogP contribution < -0.4 is 5.73 Å². The molecule has 0 atom stereocenters. The van der Waals surface area contributed by atoms with E-state index >= 15 is 0 Å². The fourth-order valence-corrected chi connectivity index (χ4v) is 4.24. The van der Waals surface area contributed by atoms with Crippen LogP contribution in [0.2, 0.25) is 0 Å². The Morgan fingerprint density at radius 1 is 0.909 bits per heavy atom. The molecule has 0 spiro atoms. The van der Waals surface area contributed by atoms with Crippen molar-refractivity contribution in [3.8, 4) is 5.69 Å². The Bertz CT molecular complexity index is 1340. The van der Waals surface area contributed by atoms with Crippen LogP contribution in [-0.2, 0) is 26.6 Å². The highest BCUT2D eigenvalue weighted by Gasteiger charge is 2.10. The topological polar surface area (TPSA) is 64.9 Å². The van der Waals surface area contributed by atoms with E-state index in [-0.39, 0.29) is 0 Å². The Morgan fingerprint density at radius 3 is 2.48 bits per heavy atom. The van der Waals surface area contributed by atoms with Crippen molar-refractivity contribution in [1.29, 1.82) is 0 Å². The molecule has 2 N–H and O–H groups in total. The Hall–Kier alpha value is -3.90. The monoisotopic (exact) mass is 436 g/mol. The summed E-state index contributed by atoms with van der Waals surface area (Å²) in [7, 11) is 1.98. The highest BCUT2D eigenvalue weighted by molar-refractivity contribution is 5.79. The van der Waals surface area contributed by atoms with E-state index in [0.29, 0.717) is 0 Å². The smallest absolute Gasteiger partial charge is 0.0991 e. The SMILES string of the molecule is Cn1ncc2cc(CN(CCc3ccc(N)cc3)Cc3cccc(-n4ccnc4)c3)ccc21. The molecule has 5 rings (SSSR count). The number of nitrogen functional groups attached to an aromatic ring is 1. The molecule has 0 unspecified atom stereocenters. The first-order chi connectivity index (χ1) is 16.1. The van der Waals surface area contributed by atoms with Crippen LogP contribution in [0, 0.1) is 0 Å². The average molecular weight is 437 g/mol. The van der Waals surface area contributed by atoms with Crippen LogP contribution in [0.5, 0.6) is 0 Å². The number of rotatable bonds is 8. The van der Waals surface area contributed by atoms with Gasteiger partial charge in [-0.1, -0.05) is 30.3 Å². The van der Waals surface area contributed by atoms with Crippen molar-refractivity contribution in [3.05, 3.63) is 108 Å². The molecule has 0 aliphatic carbocycles. The number of hydrogen-bond acceptors (Lipinski definition) is 4. The number of benzene rings is 3. The second-order valence-electron chi connectivity index (χ2n) is 8.50. The molecule has 6 nitrogen and oxygen atoms in total. The minimum absolute atomic E-state index is 0.802. The largest absolute Gasteiger partial charge is 0.399 e. The standard InChI is InChI=1S/C27H28N6/c1-31-27-10-7-23(15-24(27)17-30-31)19-32(13-11-21-5-8-25(28)9-6-21)18-22-3-2-4-26(16-22)33-14-12-29-20-33/h2-10,12,14-17,20H,11,13,18-19,28H2,1H3. The second-order valence-corrected chi connectivity index (χ2v) is 8.50. The van der Waals surface area contributed by atoms with Gasteiger partial charge in [0.15, 0.2) is 0 Å².